The molecular weight excluding hydrogens is 250 g/mol. The van der Waals surface area contributed by atoms with Crippen molar-refractivity contribution in [2.45, 2.75) is 45.6 Å². The standard InChI is InChI=1S/C15H23N5/c1-10-11(2)18-19-15(13(10)9-17)20(3)14-7-5-4-6-12(14)8-16/h12,14H,4-8,16H2,1-3H3. The largest absolute Gasteiger partial charge is 0.354 e. The van der Waals surface area contributed by atoms with Crippen LogP contribution in [0.15, 0.2) is 0 Å². The van der Waals surface area contributed by atoms with Gasteiger partial charge in [-0.25, -0.2) is 0 Å². The second kappa shape index (κ2) is 6.19. The molecule has 20 heavy (non-hydrogen) atoms. The fraction of sp³-hybridized carbons (Fsp3) is 0.667. The predicted molar refractivity (Wildman–Crippen MR) is 79.4 cm³/mol. The quantitative estimate of drug-likeness (QED) is 0.910. The first-order valence-electron chi connectivity index (χ1n) is 7.27. The van der Waals surface area contributed by atoms with E-state index >= 15 is 0 Å². The molecule has 1 aliphatic carbocycles. The van der Waals surface area contributed by atoms with Gasteiger partial charge in [-0.05, 0) is 44.7 Å². The van der Waals surface area contributed by atoms with Gasteiger partial charge in [-0.2, -0.15) is 10.4 Å². The number of rotatable bonds is 3. The molecule has 0 saturated heterocycles. The van der Waals surface area contributed by atoms with Crippen molar-refractivity contribution >= 4 is 5.82 Å². The molecule has 1 saturated carbocycles. The van der Waals surface area contributed by atoms with Crippen LogP contribution in [0.3, 0.4) is 0 Å². The predicted octanol–water partition coefficient (Wildman–Crippen LogP) is 1.92. The van der Waals surface area contributed by atoms with Crippen molar-refractivity contribution in [2.75, 3.05) is 18.5 Å². The van der Waals surface area contributed by atoms with Crippen LogP contribution in [-0.4, -0.2) is 29.8 Å². The highest BCUT2D eigenvalue weighted by molar-refractivity contribution is 5.57. The number of nitrogens with zero attached hydrogens (tertiary/aromatic N) is 4. The molecule has 0 radical (unpaired) electrons. The number of aromatic nitrogens is 2. The minimum Gasteiger partial charge on any atom is -0.354 e. The summed E-state index contributed by atoms with van der Waals surface area (Å²) in [5, 5.41) is 17.9. The van der Waals surface area contributed by atoms with Crippen LogP contribution in [0.1, 0.15) is 42.5 Å². The fourth-order valence-corrected chi connectivity index (χ4v) is 3.11. The van der Waals surface area contributed by atoms with E-state index in [0.29, 0.717) is 29.9 Å². The van der Waals surface area contributed by atoms with E-state index in [0.717, 1.165) is 24.1 Å². The number of nitrogens with two attached hydrogens (primary N) is 1. The molecule has 2 N–H and O–H groups in total. The Kier molecular flexibility index (Phi) is 4.56. The van der Waals surface area contributed by atoms with Gasteiger partial charge in [-0.3, -0.25) is 0 Å². The maximum absolute atomic E-state index is 9.42. The van der Waals surface area contributed by atoms with Gasteiger partial charge in [0.15, 0.2) is 5.82 Å². The molecule has 0 bridgehead atoms. The molecule has 1 heterocycles. The summed E-state index contributed by atoms with van der Waals surface area (Å²) in [6, 6.07) is 2.64. The summed E-state index contributed by atoms with van der Waals surface area (Å²) >= 11 is 0. The van der Waals surface area contributed by atoms with Crippen LogP contribution in [0, 0.1) is 31.1 Å². The molecule has 1 aliphatic rings. The lowest BCUT2D eigenvalue weighted by molar-refractivity contribution is 0.305. The third-order valence-electron chi connectivity index (χ3n) is 4.55. The molecule has 0 aliphatic heterocycles. The molecule has 0 spiro atoms. The van der Waals surface area contributed by atoms with E-state index < -0.39 is 0 Å². The Morgan fingerprint density at radius 1 is 1.30 bits per heavy atom. The highest BCUT2D eigenvalue weighted by Gasteiger charge is 2.29. The van der Waals surface area contributed by atoms with Crippen molar-refractivity contribution in [3.63, 3.8) is 0 Å². The molecule has 2 rings (SSSR count). The highest BCUT2D eigenvalue weighted by atomic mass is 15.3. The van der Waals surface area contributed by atoms with E-state index in [-0.39, 0.29) is 0 Å². The average Bonchev–Trinajstić information content (AvgIpc) is 2.49. The molecular formula is C15H23N5. The zero-order valence-corrected chi connectivity index (χ0v) is 12.6. The zero-order valence-electron chi connectivity index (χ0n) is 12.6. The molecule has 0 aromatic carbocycles. The van der Waals surface area contributed by atoms with Crippen LogP contribution in [0.5, 0.6) is 0 Å². The second-order valence-corrected chi connectivity index (χ2v) is 5.68. The Morgan fingerprint density at radius 2 is 2.00 bits per heavy atom. The monoisotopic (exact) mass is 273 g/mol. The summed E-state index contributed by atoms with van der Waals surface area (Å²) in [7, 11) is 2.01. The first-order chi connectivity index (χ1) is 9.60. The molecule has 5 nitrogen and oxygen atoms in total. The van der Waals surface area contributed by atoms with E-state index in [4.69, 9.17) is 5.73 Å². The summed E-state index contributed by atoms with van der Waals surface area (Å²) in [4.78, 5) is 2.12. The van der Waals surface area contributed by atoms with Crippen LogP contribution in [0.2, 0.25) is 0 Å². The van der Waals surface area contributed by atoms with Crippen molar-refractivity contribution in [1.29, 1.82) is 5.26 Å². The molecule has 2 atom stereocenters. The molecule has 5 heteroatoms. The smallest absolute Gasteiger partial charge is 0.169 e. The van der Waals surface area contributed by atoms with Gasteiger partial charge in [0.2, 0.25) is 0 Å². The van der Waals surface area contributed by atoms with Gasteiger partial charge >= 0.3 is 0 Å². The van der Waals surface area contributed by atoms with Gasteiger partial charge in [0, 0.05) is 13.1 Å². The van der Waals surface area contributed by atoms with Gasteiger partial charge < -0.3 is 10.6 Å². The lowest BCUT2D eigenvalue weighted by Crippen LogP contribution is -2.44. The SMILES string of the molecule is Cc1nnc(N(C)C2CCCCC2CN)c(C#N)c1C. The normalized spacial score (nSPS) is 22.4. The lowest BCUT2D eigenvalue weighted by Gasteiger charge is -2.38. The van der Waals surface area contributed by atoms with Crippen molar-refractivity contribution in [2.24, 2.45) is 11.7 Å². The minimum atomic E-state index is 0.359. The third kappa shape index (κ3) is 2.61. The number of aryl methyl sites for hydroxylation is 1. The van der Waals surface area contributed by atoms with Gasteiger partial charge in [-0.15, -0.1) is 5.10 Å². The Hall–Kier alpha value is -1.67. The van der Waals surface area contributed by atoms with Crippen molar-refractivity contribution in [3.8, 4) is 6.07 Å². The van der Waals surface area contributed by atoms with Gasteiger partial charge in [0.05, 0.1) is 5.69 Å². The Labute approximate surface area is 120 Å². The van der Waals surface area contributed by atoms with Crippen molar-refractivity contribution in [3.05, 3.63) is 16.8 Å². The summed E-state index contributed by atoms with van der Waals surface area (Å²) in [5.41, 5.74) is 8.28. The summed E-state index contributed by atoms with van der Waals surface area (Å²) in [6.07, 6.45) is 4.73. The summed E-state index contributed by atoms with van der Waals surface area (Å²) in [5.74, 6) is 1.17. The van der Waals surface area contributed by atoms with Gasteiger partial charge in [-0.1, -0.05) is 12.8 Å². The number of anilines is 1. The molecule has 1 aromatic heterocycles. The van der Waals surface area contributed by atoms with Crippen molar-refractivity contribution in [1.82, 2.24) is 10.2 Å². The molecule has 1 aromatic rings. The summed E-state index contributed by atoms with van der Waals surface area (Å²) in [6.45, 7) is 4.51. The van der Waals surface area contributed by atoms with E-state index in [1.165, 1.54) is 12.8 Å². The van der Waals surface area contributed by atoms with Crippen LogP contribution < -0.4 is 10.6 Å². The third-order valence-corrected chi connectivity index (χ3v) is 4.55. The second-order valence-electron chi connectivity index (χ2n) is 5.68. The van der Waals surface area contributed by atoms with Crippen molar-refractivity contribution < 1.29 is 0 Å². The van der Waals surface area contributed by atoms with Crippen LogP contribution >= 0.6 is 0 Å². The summed E-state index contributed by atoms with van der Waals surface area (Å²) < 4.78 is 0. The molecule has 2 unspecified atom stereocenters. The maximum atomic E-state index is 9.42. The lowest BCUT2D eigenvalue weighted by atomic mass is 9.83. The van der Waals surface area contributed by atoms with Crippen LogP contribution in [0.25, 0.3) is 0 Å². The Bertz CT molecular complexity index is 520. The number of nitriles is 1. The van der Waals surface area contributed by atoms with E-state index in [1.807, 2.05) is 20.9 Å². The van der Waals surface area contributed by atoms with Gasteiger partial charge in [0.25, 0.3) is 0 Å². The number of hydrogen-bond acceptors (Lipinski definition) is 5. The maximum Gasteiger partial charge on any atom is 0.169 e. The Morgan fingerprint density at radius 3 is 2.65 bits per heavy atom. The average molecular weight is 273 g/mol. The topological polar surface area (TPSA) is 78.8 Å². The van der Waals surface area contributed by atoms with Crippen LogP contribution in [0.4, 0.5) is 5.82 Å². The van der Waals surface area contributed by atoms with Gasteiger partial charge in [0.1, 0.15) is 11.6 Å². The fourth-order valence-electron chi connectivity index (χ4n) is 3.11. The first kappa shape index (κ1) is 14.7. The zero-order chi connectivity index (χ0) is 14.7. The highest BCUT2D eigenvalue weighted by Crippen LogP contribution is 2.31. The van der Waals surface area contributed by atoms with E-state index in [2.05, 4.69) is 21.2 Å². The molecule has 0 amide bonds. The van der Waals surface area contributed by atoms with Crippen LogP contribution in [-0.2, 0) is 0 Å². The minimum absolute atomic E-state index is 0.359. The molecule has 1 fully saturated rings. The number of hydrogen-bond donors (Lipinski definition) is 1. The molecule has 108 valence electrons. The Balaban J connectivity index is 2.35. The van der Waals surface area contributed by atoms with E-state index in [1.54, 1.807) is 0 Å². The first-order valence-corrected chi connectivity index (χ1v) is 7.27. The van der Waals surface area contributed by atoms with E-state index in [9.17, 15) is 5.26 Å².